The summed E-state index contributed by atoms with van der Waals surface area (Å²) in [4.78, 5) is 14.5. The lowest BCUT2D eigenvalue weighted by Gasteiger charge is -1.85. The number of fused-ring (bicyclic) bond motifs is 1. The predicted molar refractivity (Wildman–Crippen MR) is 47.5 cm³/mol. The zero-order valence-corrected chi connectivity index (χ0v) is 7.21. The molecule has 5 heteroatoms. The highest BCUT2D eigenvalue weighted by molar-refractivity contribution is 6.31. The second-order valence-electron chi connectivity index (χ2n) is 2.50. The van der Waals surface area contributed by atoms with E-state index in [1.165, 1.54) is 0 Å². The van der Waals surface area contributed by atoms with E-state index in [0.717, 1.165) is 0 Å². The Bertz CT molecular complexity index is 478. The number of halogens is 1. The molecule has 0 saturated heterocycles. The minimum Gasteiger partial charge on any atom is -0.432 e. The smallest absolute Gasteiger partial charge is 0.304 e. The van der Waals surface area contributed by atoms with Gasteiger partial charge in [0.05, 0.1) is 0 Å². The van der Waals surface area contributed by atoms with Crippen LogP contribution in [0.15, 0.2) is 22.6 Å². The molecule has 0 aliphatic rings. The summed E-state index contributed by atoms with van der Waals surface area (Å²) in [5.41, 5.74) is 6.01. The molecule has 0 atom stereocenters. The Balaban J connectivity index is 2.68. The van der Waals surface area contributed by atoms with Gasteiger partial charge in [0, 0.05) is 5.02 Å². The highest BCUT2D eigenvalue weighted by Crippen LogP contribution is 2.19. The molecule has 1 heterocycles. The zero-order chi connectivity index (χ0) is 9.42. The third kappa shape index (κ3) is 1.36. The minimum absolute atomic E-state index is 0.0998. The van der Waals surface area contributed by atoms with Gasteiger partial charge in [-0.25, -0.2) is 4.98 Å². The summed E-state index contributed by atoms with van der Waals surface area (Å²) in [7, 11) is 0. The van der Waals surface area contributed by atoms with Gasteiger partial charge in [-0.1, -0.05) is 11.6 Å². The first-order chi connectivity index (χ1) is 6.16. The number of primary amides is 1. The summed E-state index contributed by atoms with van der Waals surface area (Å²) in [6.07, 6.45) is 0. The number of oxazole rings is 1. The van der Waals surface area contributed by atoms with Gasteiger partial charge in [-0.3, -0.25) is 4.79 Å². The highest BCUT2D eigenvalue weighted by atomic mass is 35.5. The molecule has 1 amide bonds. The molecule has 4 nitrogen and oxygen atoms in total. The Hall–Kier alpha value is -1.55. The van der Waals surface area contributed by atoms with Crippen LogP contribution in [0.2, 0.25) is 5.02 Å². The fraction of sp³-hybridized carbons (Fsp3) is 0. The van der Waals surface area contributed by atoms with Gasteiger partial charge < -0.3 is 10.2 Å². The maximum Gasteiger partial charge on any atom is 0.304 e. The van der Waals surface area contributed by atoms with Gasteiger partial charge >= 0.3 is 5.91 Å². The number of benzene rings is 1. The number of nitrogens with two attached hydrogens (primary N) is 1. The Morgan fingerprint density at radius 1 is 1.54 bits per heavy atom. The molecule has 0 aliphatic carbocycles. The number of amides is 1. The Morgan fingerprint density at radius 2 is 2.31 bits per heavy atom. The first-order valence-electron chi connectivity index (χ1n) is 3.53. The number of nitrogens with zero attached hydrogens (tertiary/aromatic N) is 1. The maximum atomic E-state index is 10.7. The van der Waals surface area contributed by atoms with Crippen LogP contribution >= 0.6 is 11.6 Å². The molecule has 66 valence electrons. The number of hydrogen-bond donors (Lipinski definition) is 1. The molecule has 0 unspecified atom stereocenters. The van der Waals surface area contributed by atoms with Crippen molar-refractivity contribution in [2.45, 2.75) is 0 Å². The highest BCUT2D eigenvalue weighted by Gasteiger charge is 2.10. The number of rotatable bonds is 1. The van der Waals surface area contributed by atoms with Gasteiger partial charge in [0.1, 0.15) is 5.52 Å². The maximum absolute atomic E-state index is 10.7. The largest absolute Gasteiger partial charge is 0.432 e. The van der Waals surface area contributed by atoms with Gasteiger partial charge in [-0.05, 0) is 18.2 Å². The Kier molecular flexibility index (Phi) is 1.70. The van der Waals surface area contributed by atoms with Crippen molar-refractivity contribution in [2.75, 3.05) is 0 Å². The van der Waals surface area contributed by atoms with Gasteiger partial charge in [0.2, 0.25) is 0 Å². The van der Waals surface area contributed by atoms with Gasteiger partial charge in [0.15, 0.2) is 5.58 Å². The zero-order valence-electron chi connectivity index (χ0n) is 6.45. The summed E-state index contributed by atoms with van der Waals surface area (Å²) in [6.45, 7) is 0. The molecule has 0 aliphatic heterocycles. The third-order valence-corrected chi connectivity index (χ3v) is 1.80. The topological polar surface area (TPSA) is 69.1 Å². The molecule has 1 aromatic heterocycles. The molecule has 1 aromatic carbocycles. The lowest BCUT2D eigenvalue weighted by molar-refractivity contribution is 0.0969. The van der Waals surface area contributed by atoms with Crippen molar-refractivity contribution >= 4 is 28.6 Å². The van der Waals surface area contributed by atoms with E-state index in [9.17, 15) is 4.79 Å². The predicted octanol–water partition coefficient (Wildman–Crippen LogP) is 1.58. The van der Waals surface area contributed by atoms with E-state index in [1.807, 2.05) is 0 Å². The van der Waals surface area contributed by atoms with Crippen LogP contribution in [0.3, 0.4) is 0 Å². The molecule has 0 saturated carbocycles. The Morgan fingerprint density at radius 3 is 3.00 bits per heavy atom. The molecule has 2 N–H and O–H groups in total. The average molecular weight is 197 g/mol. The molecule has 0 fully saturated rings. The monoisotopic (exact) mass is 196 g/mol. The standard InChI is InChI=1S/C8H5ClN2O2/c9-4-1-2-6-5(3-4)11-8(13-6)7(10)12/h1-3H,(H2,10,12). The van der Waals surface area contributed by atoms with Crippen LogP contribution in [0.1, 0.15) is 10.7 Å². The van der Waals surface area contributed by atoms with Gasteiger partial charge in [-0.15, -0.1) is 0 Å². The molecule has 2 aromatic rings. The summed E-state index contributed by atoms with van der Waals surface area (Å²) < 4.78 is 5.04. The van der Waals surface area contributed by atoms with Crippen molar-refractivity contribution < 1.29 is 9.21 Å². The van der Waals surface area contributed by atoms with Crippen LogP contribution in [0.25, 0.3) is 11.1 Å². The van der Waals surface area contributed by atoms with E-state index >= 15 is 0 Å². The number of carbonyl (C=O) groups is 1. The van der Waals surface area contributed by atoms with Crippen molar-refractivity contribution in [2.24, 2.45) is 5.73 Å². The quantitative estimate of drug-likeness (QED) is 0.753. The van der Waals surface area contributed by atoms with Gasteiger partial charge in [0.25, 0.3) is 5.89 Å². The molecule has 2 rings (SSSR count). The molecule has 0 bridgehead atoms. The van der Waals surface area contributed by atoms with E-state index in [-0.39, 0.29) is 5.89 Å². The van der Waals surface area contributed by atoms with Crippen LogP contribution in [-0.4, -0.2) is 10.9 Å². The van der Waals surface area contributed by atoms with Crippen LogP contribution in [-0.2, 0) is 0 Å². The number of carbonyl (C=O) groups excluding carboxylic acids is 1. The van der Waals surface area contributed by atoms with Gasteiger partial charge in [-0.2, -0.15) is 0 Å². The second kappa shape index (κ2) is 2.74. The van der Waals surface area contributed by atoms with Crippen LogP contribution < -0.4 is 5.73 Å². The molecular weight excluding hydrogens is 192 g/mol. The molecular formula is C8H5ClN2O2. The summed E-state index contributed by atoms with van der Waals surface area (Å²) in [5, 5.41) is 0.539. The summed E-state index contributed by atoms with van der Waals surface area (Å²) in [6, 6.07) is 4.89. The van der Waals surface area contributed by atoms with E-state index < -0.39 is 5.91 Å². The Labute approximate surface area is 78.3 Å². The van der Waals surface area contributed by atoms with Crippen LogP contribution in [0.5, 0.6) is 0 Å². The van der Waals surface area contributed by atoms with Crippen molar-refractivity contribution in [3.8, 4) is 0 Å². The molecule has 0 radical (unpaired) electrons. The van der Waals surface area contributed by atoms with Crippen molar-refractivity contribution in [3.05, 3.63) is 29.1 Å². The van der Waals surface area contributed by atoms with E-state index in [4.69, 9.17) is 21.8 Å². The van der Waals surface area contributed by atoms with Crippen molar-refractivity contribution in [3.63, 3.8) is 0 Å². The lowest BCUT2D eigenvalue weighted by Crippen LogP contribution is -2.10. The molecule has 0 spiro atoms. The number of aromatic nitrogens is 1. The first-order valence-corrected chi connectivity index (χ1v) is 3.90. The SMILES string of the molecule is NC(=O)c1nc2cc(Cl)ccc2o1. The molecule has 13 heavy (non-hydrogen) atoms. The van der Waals surface area contributed by atoms with Crippen molar-refractivity contribution in [1.82, 2.24) is 4.98 Å². The third-order valence-electron chi connectivity index (χ3n) is 1.56. The summed E-state index contributed by atoms with van der Waals surface area (Å²) >= 11 is 5.71. The van der Waals surface area contributed by atoms with Crippen LogP contribution in [0.4, 0.5) is 0 Å². The minimum atomic E-state index is -0.688. The van der Waals surface area contributed by atoms with Crippen molar-refractivity contribution in [1.29, 1.82) is 0 Å². The van der Waals surface area contributed by atoms with Crippen LogP contribution in [0, 0.1) is 0 Å². The fourth-order valence-corrected chi connectivity index (χ4v) is 1.17. The van der Waals surface area contributed by atoms with E-state index in [1.54, 1.807) is 18.2 Å². The lowest BCUT2D eigenvalue weighted by atomic mass is 10.3. The van der Waals surface area contributed by atoms with E-state index in [0.29, 0.717) is 16.1 Å². The van der Waals surface area contributed by atoms with E-state index in [2.05, 4.69) is 4.98 Å². The second-order valence-corrected chi connectivity index (χ2v) is 2.93. The normalized spacial score (nSPS) is 10.5. The summed E-state index contributed by atoms with van der Waals surface area (Å²) in [5.74, 6) is -0.787. The average Bonchev–Trinajstić information content (AvgIpc) is 2.46. The first kappa shape index (κ1) is 8.07. The fourth-order valence-electron chi connectivity index (χ4n) is 1.01. The number of hydrogen-bond acceptors (Lipinski definition) is 3.